The van der Waals surface area contributed by atoms with Crippen LogP contribution in [0.15, 0.2) is 35.8 Å². The number of aliphatic hydroxyl groups excluding tert-OH is 1. The summed E-state index contributed by atoms with van der Waals surface area (Å²) < 4.78 is 0. The molecule has 2 aromatic rings. The molecule has 0 bridgehead atoms. The van der Waals surface area contributed by atoms with Crippen LogP contribution in [0.5, 0.6) is 0 Å². The SMILES string of the molecule is Cc1ncsc1C(O)C1CC1c1ccccc1. The Morgan fingerprint density at radius 2 is 2.12 bits per heavy atom. The van der Waals surface area contributed by atoms with Crippen LogP contribution in [0.25, 0.3) is 0 Å². The Kier molecular flexibility index (Phi) is 2.73. The summed E-state index contributed by atoms with van der Waals surface area (Å²) in [4.78, 5) is 5.24. The van der Waals surface area contributed by atoms with Crippen molar-refractivity contribution in [2.24, 2.45) is 5.92 Å². The van der Waals surface area contributed by atoms with E-state index < -0.39 is 0 Å². The van der Waals surface area contributed by atoms with E-state index >= 15 is 0 Å². The highest BCUT2D eigenvalue weighted by atomic mass is 32.1. The number of aryl methyl sites for hydroxylation is 1. The third-order valence-electron chi connectivity index (χ3n) is 3.52. The summed E-state index contributed by atoms with van der Waals surface area (Å²) in [5, 5.41) is 10.3. The zero-order valence-corrected chi connectivity index (χ0v) is 10.5. The molecule has 1 aliphatic rings. The molecule has 17 heavy (non-hydrogen) atoms. The highest BCUT2D eigenvalue weighted by Gasteiger charge is 2.44. The molecule has 1 fully saturated rings. The molecule has 3 atom stereocenters. The predicted molar refractivity (Wildman–Crippen MR) is 69.1 cm³/mol. The lowest BCUT2D eigenvalue weighted by Crippen LogP contribution is -2.01. The zero-order valence-electron chi connectivity index (χ0n) is 9.71. The lowest BCUT2D eigenvalue weighted by molar-refractivity contribution is 0.154. The monoisotopic (exact) mass is 245 g/mol. The molecule has 1 saturated carbocycles. The molecule has 0 amide bonds. The Labute approximate surface area is 105 Å². The normalized spacial score (nSPS) is 24.6. The van der Waals surface area contributed by atoms with Crippen molar-refractivity contribution >= 4 is 11.3 Å². The van der Waals surface area contributed by atoms with Crippen molar-refractivity contribution in [1.29, 1.82) is 0 Å². The van der Waals surface area contributed by atoms with Crippen LogP contribution in [-0.4, -0.2) is 10.1 Å². The first-order chi connectivity index (χ1) is 8.27. The van der Waals surface area contributed by atoms with E-state index in [9.17, 15) is 5.11 Å². The third kappa shape index (κ3) is 2.01. The molecule has 0 radical (unpaired) electrons. The average molecular weight is 245 g/mol. The number of rotatable bonds is 3. The average Bonchev–Trinajstić information content (AvgIpc) is 3.05. The molecule has 1 aromatic heterocycles. The van der Waals surface area contributed by atoms with Gasteiger partial charge in [0.2, 0.25) is 0 Å². The van der Waals surface area contributed by atoms with E-state index in [1.54, 1.807) is 11.3 Å². The summed E-state index contributed by atoms with van der Waals surface area (Å²) in [6.45, 7) is 1.97. The van der Waals surface area contributed by atoms with E-state index in [2.05, 4.69) is 29.2 Å². The molecular formula is C14H15NOS. The zero-order chi connectivity index (χ0) is 11.8. The lowest BCUT2D eigenvalue weighted by atomic mass is 10.1. The van der Waals surface area contributed by atoms with Crippen LogP contribution in [0.4, 0.5) is 0 Å². The topological polar surface area (TPSA) is 33.1 Å². The van der Waals surface area contributed by atoms with Crippen LogP contribution in [-0.2, 0) is 0 Å². The molecule has 1 aromatic carbocycles. The molecule has 0 saturated heterocycles. The summed E-state index contributed by atoms with van der Waals surface area (Å²) >= 11 is 1.56. The number of aliphatic hydroxyl groups is 1. The first-order valence-electron chi connectivity index (χ1n) is 5.90. The largest absolute Gasteiger partial charge is 0.387 e. The lowest BCUT2D eigenvalue weighted by Gasteiger charge is -2.08. The van der Waals surface area contributed by atoms with Crippen LogP contribution in [0.2, 0.25) is 0 Å². The van der Waals surface area contributed by atoms with Gasteiger partial charge >= 0.3 is 0 Å². The minimum Gasteiger partial charge on any atom is -0.387 e. The number of nitrogens with zero attached hydrogens (tertiary/aromatic N) is 1. The fourth-order valence-electron chi connectivity index (χ4n) is 2.44. The highest BCUT2D eigenvalue weighted by molar-refractivity contribution is 7.09. The van der Waals surface area contributed by atoms with Crippen molar-refractivity contribution in [3.63, 3.8) is 0 Å². The number of hydrogen-bond donors (Lipinski definition) is 1. The number of hydrogen-bond acceptors (Lipinski definition) is 3. The highest BCUT2D eigenvalue weighted by Crippen LogP contribution is 2.54. The van der Waals surface area contributed by atoms with Crippen molar-refractivity contribution < 1.29 is 5.11 Å². The van der Waals surface area contributed by atoms with Gasteiger partial charge in [-0.2, -0.15) is 0 Å². The van der Waals surface area contributed by atoms with Crippen LogP contribution < -0.4 is 0 Å². The van der Waals surface area contributed by atoms with Gasteiger partial charge in [-0.15, -0.1) is 11.3 Å². The van der Waals surface area contributed by atoms with E-state index in [1.807, 2.05) is 18.5 Å². The fraction of sp³-hybridized carbons (Fsp3) is 0.357. The maximum atomic E-state index is 10.3. The van der Waals surface area contributed by atoms with E-state index in [4.69, 9.17) is 0 Å². The summed E-state index contributed by atoms with van der Waals surface area (Å²) in [6, 6.07) is 10.5. The van der Waals surface area contributed by atoms with Gasteiger partial charge in [-0.05, 0) is 30.7 Å². The first kappa shape index (κ1) is 10.9. The molecule has 1 aliphatic carbocycles. The fourth-order valence-corrected chi connectivity index (χ4v) is 3.30. The van der Waals surface area contributed by atoms with E-state index in [-0.39, 0.29) is 6.10 Å². The second-order valence-electron chi connectivity index (χ2n) is 4.66. The van der Waals surface area contributed by atoms with Gasteiger partial charge in [0.15, 0.2) is 0 Å². The maximum Gasteiger partial charge on any atom is 0.0934 e. The van der Waals surface area contributed by atoms with Gasteiger partial charge < -0.3 is 5.11 Å². The third-order valence-corrected chi connectivity index (χ3v) is 4.53. The van der Waals surface area contributed by atoms with Gasteiger partial charge in [-0.1, -0.05) is 30.3 Å². The minimum atomic E-state index is -0.340. The molecule has 0 spiro atoms. The van der Waals surface area contributed by atoms with Crippen LogP contribution in [0, 0.1) is 12.8 Å². The van der Waals surface area contributed by atoms with Gasteiger partial charge in [-0.25, -0.2) is 4.98 Å². The molecule has 88 valence electrons. The molecule has 2 nitrogen and oxygen atoms in total. The molecule has 3 rings (SSSR count). The van der Waals surface area contributed by atoms with Gasteiger partial charge in [0.05, 0.1) is 22.2 Å². The Morgan fingerprint density at radius 1 is 1.35 bits per heavy atom. The van der Waals surface area contributed by atoms with Crippen LogP contribution >= 0.6 is 11.3 Å². The Balaban J connectivity index is 1.75. The summed E-state index contributed by atoms with van der Waals surface area (Å²) in [5.41, 5.74) is 4.13. The predicted octanol–water partition coefficient (Wildman–Crippen LogP) is 3.29. The number of thiazole rings is 1. The van der Waals surface area contributed by atoms with Crippen molar-refractivity contribution in [1.82, 2.24) is 4.98 Å². The Bertz CT molecular complexity index is 508. The summed E-state index contributed by atoms with van der Waals surface area (Å²) in [5.74, 6) is 0.893. The molecular weight excluding hydrogens is 230 g/mol. The molecule has 1 heterocycles. The maximum absolute atomic E-state index is 10.3. The summed E-state index contributed by atoms with van der Waals surface area (Å²) in [6.07, 6.45) is 0.746. The Hall–Kier alpha value is -1.19. The van der Waals surface area contributed by atoms with Crippen molar-refractivity contribution in [2.75, 3.05) is 0 Å². The van der Waals surface area contributed by atoms with Gasteiger partial charge in [0.25, 0.3) is 0 Å². The quantitative estimate of drug-likeness (QED) is 0.900. The molecule has 0 aliphatic heterocycles. The second-order valence-corrected chi connectivity index (χ2v) is 5.55. The number of benzene rings is 1. The number of aromatic nitrogens is 1. The van der Waals surface area contributed by atoms with Gasteiger partial charge in [0.1, 0.15) is 0 Å². The van der Waals surface area contributed by atoms with Crippen molar-refractivity contribution in [3.05, 3.63) is 52.0 Å². The smallest absolute Gasteiger partial charge is 0.0934 e. The van der Waals surface area contributed by atoms with E-state index in [0.29, 0.717) is 11.8 Å². The summed E-state index contributed by atoms with van der Waals surface area (Å²) in [7, 11) is 0. The molecule has 3 heteroatoms. The van der Waals surface area contributed by atoms with Gasteiger partial charge in [0, 0.05) is 0 Å². The minimum absolute atomic E-state index is 0.340. The molecule has 1 N–H and O–H groups in total. The van der Waals surface area contributed by atoms with Crippen molar-refractivity contribution in [2.45, 2.75) is 25.4 Å². The second kappa shape index (κ2) is 4.24. The first-order valence-corrected chi connectivity index (χ1v) is 6.78. The van der Waals surface area contributed by atoms with E-state index in [1.165, 1.54) is 5.56 Å². The standard InChI is InChI=1S/C14H15NOS/c1-9-14(17-8-15-9)13(16)12-7-11(12)10-5-3-2-4-6-10/h2-6,8,11-13,16H,7H2,1H3. The van der Waals surface area contributed by atoms with Crippen LogP contribution in [0.1, 0.15) is 34.6 Å². The Morgan fingerprint density at radius 3 is 2.76 bits per heavy atom. The van der Waals surface area contributed by atoms with Crippen LogP contribution in [0.3, 0.4) is 0 Å². The van der Waals surface area contributed by atoms with E-state index in [0.717, 1.165) is 17.0 Å². The molecule has 3 unspecified atom stereocenters. The van der Waals surface area contributed by atoms with Crippen molar-refractivity contribution in [3.8, 4) is 0 Å². The van der Waals surface area contributed by atoms with Gasteiger partial charge in [-0.3, -0.25) is 0 Å².